The van der Waals surface area contributed by atoms with Gasteiger partial charge in [0.2, 0.25) is 0 Å². The van der Waals surface area contributed by atoms with Gasteiger partial charge >= 0.3 is 6.09 Å². The molecule has 0 spiro atoms. The predicted molar refractivity (Wildman–Crippen MR) is 120 cm³/mol. The third-order valence-corrected chi connectivity index (χ3v) is 6.65. The number of para-hydroxylation sites is 1. The van der Waals surface area contributed by atoms with Gasteiger partial charge in [-0.15, -0.1) is 0 Å². The predicted octanol–water partition coefficient (Wildman–Crippen LogP) is 3.50. The molecule has 6 heteroatoms. The Morgan fingerprint density at radius 1 is 1.17 bits per heavy atom. The van der Waals surface area contributed by atoms with Gasteiger partial charge in [-0.25, -0.2) is 4.79 Å². The molecular formula is C24H39N3O3. The average molecular weight is 418 g/mol. The van der Waals surface area contributed by atoms with E-state index in [1.165, 1.54) is 31.5 Å². The van der Waals surface area contributed by atoms with E-state index < -0.39 is 0 Å². The summed E-state index contributed by atoms with van der Waals surface area (Å²) >= 11 is 0. The van der Waals surface area contributed by atoms with Crippen LogP contribution in [0.2, 0.25) is 0 Å². The molecule has 168 valence electrons. The molecule has 2 saturated heterocycles. The molecule has 1 aromatic rings. The van der Waals surface area contributed by atoms with Gasteiger partial charge in [-0.3, -0.25) is 0 Å². The van der Waals surface area contributed by atoms with Crippen LogP contribution in [0.4, 0.5) is 4.79 Å². The maximum Gasteiger partial charge on any atom is 0.409 e. The van der Waals surface area contributed by atoms with Gasteiger partial charge in [0.25, 0.3) is 0 Å². The highest BCUT2D eigenvalue weighted by Crippen LogP contribution is 2.23. The monoisotopic (exact) mass is 417 g/mol. The summed E-state index contributed by atoms with van der Waals surface area (Å²) in [4.78, 5) is 18.9. The van der Waals surface area contributed by atoms with Crippen molar-refractivity contribution in [1.29, 1.82) is 0 Å². The summed E-state index contributed by atoms with van der Waals surface area (Å²) in [6, 6.07) is 8.93. The van der Waals surface area contributed by atoms with Gasteiger partial charge in [-0.2, -0.15) is 0 Å². The molecule has 1 atom stereocenters. The largest absolute Gasteiger partial charge is 0.496 e. The molecular weight excluding hydrogens is 378 g/mol. The molecule has 6 nitrogen and oxygen atoms in total. The Morgan fingerprint density at radius 2 is 1.93 bits per heavy atom. The van der Waals surface area contributed by atoms with Gasteiger partial charge in [-0.05, 0) is 70.2 Å². The molecule has 0 bridgehead atoms. The van der Waals surface area contributed by atoms with Crippen LogP contribution in [-0.4, -0.2) is 86.9 Å². The second-order valence-corrected chi connectivity index (χ2v) is 8.73. The van der Waals surface area contributed by atoms with Crippen molar-refractivity contribution in [2.24, 2.45) is 5.92 Å². The van der Waals surface area contributed by atoms with Crippen LogP contribution in [0.25, 0.3) is 0 Å². The highest BCUT2D eigenvalue weighted by atomic mass is 16.6. The molecule has 1 amide bonds. The van der Waals surface area contributed by atoms with Gasteiger partial charge in [0.1, 0.15) is 5.75 Å². The second-order valence-electron chi connectivity index (χ2n) is 8.73. The fourth-order valence-corrected chi connectivity index (χ4v) is 4.95. The van der Waals surface area contributed by atoms with Crippen molar-refractivity contribution in [1.82, 2.24) is 14.7 Å². The van der Waals surface area contributed by atoms with Gasteiger partial charge in [0.15, 0.2) is 0 Å². The zero-order chi connectivity index (χ0) is 21.3. The summed E-state index contributed by atoms with van der Waals surface area (Å²) in [6.45, 7) is 8.56. The average Bonchev–Trinajstić information content (AvgIpc) is 2.78. The molecule has 0 saturated carbocycles. The first-order valence-corrected chi connectivity index (χ1v) is 11.6. The number of hydrogen-bond donors (Lipinski definition) is 0. The van der Waals surface area contributed by atoms with E-state index in [0.29, 0.717) is 12.6 Å². The Hall–Kier alpha value is -1.79. The summed E-state index contributed by atoms with van der Waals surface area (Å²) in [6.07, 6.45) is 5.57. The van der Waals surface area contributed by atoms with E-state index in [1.54, 1.807) is 7.11 Å². The van der Waals surface area contributed by atoms with Crippen molar-refractivity contribution in [3.63, 3.8) is 0 Å². The number of methoxy groups -OCH3 is 1. The van der Waals surface area contributed by atoms with Crippen molar-refractivity contribution in [3.8, 4) is 5.75 Å². The number of carbonyl (C=O) groups excluding carboxylic acids is 1. The fraction of sp³-hybridized carbons (Fsp3) is 0.708. The molecule has 0 aromatic heterocycles. The first-order chi connectivity index (χ1) is 14.6. The maximum absolute atomic E-state index is 11.9. The van der Waals surface area contributed by atoms with Crippen LogP contribution in [0.15, 0.2) is 24.3 Å². The minimum atomic E-state index is -0.156. The minimum absolute atomic E-state index is 0.156. The summed E-state index contributed by atoms with van der Waals surface area (Å²) < 4.78 is 10.6. The molecule has 0 unspecified atom stereocenters. The van der Waals surface area contributed by atoms with E-state index in [9.17, 15) is 4.79 Å². The third kappa shape index (κ3) is 6.35. The van der Waals surface area contributed by atoms with Crippen molar-refractivity contribution in [2.45, 2.75) is 45.1 Å². The number of likely N-dealkylation sites (tertiary alicyclic amines) is 2. The molecule has 0 aliphatic carbocycles. The molecule has 2 heterocycles. The Bertz CT molecular complexity index is 661. The number of ether oxygens (including phenoxy) is 2. The summed E-state index contributed by atoms with van der Waals surface area (Å²) in [5.74, 6) is 1.73. The van der Waals surface area contributed by atoms with Crippen molar-refractivity contribution < 1.29 is 14.3 Å². The number of amides is 1. The normalized spacial score (nSPS) is 21.1. The molecule has 2 aliphatic heterocycles. The van der Waals surface area contributed by atoms with Crippen LogP contribution < -0.4 is 4.74 Å². The summed E-state index contributed by atoms with van der Waals surface area (Å²) in [7, 11) is 4.02. The number of rotatable bonds is 8. The Labute approximate surface area is 182 Å². The Morgan fingerprint density at radius 3 is 2.67 bits per heavy atom. The van der Waals surface area contributed by atoms with Crippen LogP contribution in [-0.2, 0) is 11.2 Å². The number of benzene rings is 1. The summed E-state index contributed by atoms with van der Waals surface area (Å²) in [5.41, 5.74) is 1.30. The number of carbonyl (C=O) groups is 1. The van der Waals surface area contributed by atoms with Gasteiger partial charge < -0.3 is 24.2 Å². The third-order valence-electron chi connectivity index (χ3n) is 6.65. The molecule has 30 heavy (non-hydrogen) atoms. The van der Waals surface area contributed by atoms with E-state index >= 15 is 0 Å². The molecule has 0 N–H and O–H groups in total. The van der Waals surface area contributed by atoms with Gasteiger partial charge in [0, 0.05) is 38.8 Å². The SMILES string of the molecule is CCOC(=O)N1CCC(N(C)C[C@H]2CCCN(CCc3ccccc3OC)C2)CC1. The topological polar surface area (TPSA) is 45.2 Å². The number of nitrogens with zero attached hydrogens (tertiary/aromatic N) is 3. The highest BCUT2D eigenvalue weighted by molar-refractivity contribution is 5.67. The lowest BCUT2D eigenvalue weighted by Gasteiger charge is -2.40. The summed E-state index contributed by atoms with van der Waals surface area (Å²) in [5, 5.41) is 0. The van der Waals surface area contributed by atoms with E-state index in [0.717, 1.165) is 57.1 Å². The lowest BCUT2D eigenvalue weighted by atomic mass is 9.95. The smallest absolute Gasteiger partial charge is 0.409 e. The number of piperidine rings is 2. The van der Waals surface area contributed by atoms with Crippen LogP contribution in [0, 0.1) is 5.92 Å². The molecule has 3 rings (SSSR count). The van der Waals surface area contributed by atoms with E-state index in [4.69, 9.17) is 9.47 Å². The van der Waals surface area contributed by atoms with E-state index in [2.05, 4.69) is 35.0 Å². The van der Waals surface area contributed by atoms with Crippen LogP contribution in [0.5, 0.6) is 5.75 Å². The standard InChI is InChI=1S/C24H39N3O3/c1-4-30-24(28)27-16-12-22(13-17-27)25(2)18-20-8-7-14-26(19-20)15-11-21-9-5-6-10-23(21)29-3/h5-6,9-10,20,22H,4,7-8,11-19H2,1-3H3/t20-/m1/s1. The molecule has 1 aromatic carbocycles. The maximum atomic E-state index is 11.9. The van der Waals surface area contributed by atoms with Crippen LogP contribution >= 0.6 is 0 Å². The highest BCUT2D eigenvalue weighted by Gasteiger charge is 2.28. The minimum Gasteiger partial charge on any atom is -0.496 e. The van der Waals surface area contributed by atoms with Crippen molar-refractivity contribution in [3.05, 3.63) is 29.8 Å². The van der Waals surface area contributed by atoms with E-state index in [1.807, 2.05) is 17.9 Å². The van der Waals surface area contributed by atoms with Gasteiger partial charge in [0.05, 0.1) is 13.7 Å². The molecule has 2 aliphatic rings. The fourth-order valence-electron chi connectivity index (χ4n) is 4.95. The molecule has 0 radical (unpaired) electrons. The Balaban J connectivity index is 1.42. The Kier molecular flexibility index (Phi) is 8.82. The van der Waals surface area contributed by atoms with E-state index in [-0.39, 0.29) is 6.09 Å². The van der Waals surface area contributed by atoms with Crippen LogP contribution in [0.1, 0.15) is 38.2 Å². The van der Waals surface area contributed by atoms with Crippen molar-refractivity contribution >= 4 is 6.09 Å². The lowest BCUT2D eigenvalue weighted by Crippen LogP contribution is -2.48. The number of hydrogen-bond acceptors (Lipinski definition) is 5. The quantitative estimate of drug-likeness (QED) is 0.648. The zero-order valence-corrected chi connectivity index (χ0v) is 19.0. The second kappa shape index (κ2) is 11.6. The van der Waals surface area contributed by atoms with Crippen LogP contribution in [0.3, 0.4) is 0 Å². The first kappa shape index (κ1) is 22.9. The van der Waals surface area contributed by atoms with Crippen molar-refractivity contribution in [2.75, 3.05) is 60.0 Å². The zero-order valence-electron chi connectivity index (χ0n) is 19.0. The van der Waals surface area contributed by atoms with Gasteiger partial charge in [-0.1, -0.05) is 18.2 Å². The first-order valence-electron chi connectivity index (χ1n) is 11.6. The molecule has 2 fully saturated rings. The lowest BCUT2D eigenvalue weighted by molar-refractivity contribution is 0.0702.